The van der Waals surface area contributed by atoms with Crippen molar-refractivity contribution < 1.29 is 18.8 Å². The van der Waals surface area contributed by atoms with E-state index in [9.17, 15) is 9.59 Å². The zero-order chi connectivity index (χ0) is 16.2. The van der Waals surface area contributed by atoms with E-state index in [0.717, 1.165) is 0 Å². The molecule has 0 atom stereocenters. The Morgan fingerprint density at radius 3 is 1.82 bits per heavy atom. The third-order valence-electron chi connectivity index (χ3n) is 2.72. The van der Waals surface area contributed by atoms with Gasteiger partial charge in [-0.25, -0.2) is 9.59 Å². The van der Waals surface area contributed by atoms with Gasteiger partial charge in [0.05, 0.1) is 11.1 Å². The number of esters is 1. The molecule has 2 rings (SSSR count). The summed E-state index contributed by atoms with van der Waals surface area (Å²) in [6.07, 6.45) is 0. The van der Waals surface area contributed by atoms with Crippen LogP contribution < -0.4 is 4.74 Å². The maximum atomic E-state index is 12.3. The van der Waals surface area contributed by atoms with Gasteiger partial charge in [-0.05, 0) is 43.9 Å². The number of rotatable bonds is 4. The Kier molecular flexibility index (Phi) is 4.77. The summed E-state index contributed by atoms with van der Waals surface area (Å²) in [4.78, 5) is 24.5. The molecule has 0 unspecified atom stereocenters. The number of hydrogen-bond acceptors (Lipinski definition) is 4. The molecule has 0 saturated carbocycles. The Morgan fingerprint density at radius 1 is 0.773 bits per heavy atom. The first-order valence-corrected chi connectivity index (χ1v) is 10.4. The SMILES string of the molecule is C[Si](C)(C)OC(=O)c1ccccc1C(=O)Oc1ccccc1. The predicted molar refractivity (Wildman–Crippen MR) is 86.6 cm³/mol. The van der Waals surface area contributed by atoms with Crippen LogP contribution in [0, 0.1) is 0 Å². The van der Waals surface area contributed by atoms with Gasteiger partial charge in [-0.2, -0.15) is 0 Å². The van der Waals surface area contributed by atoms with Gasteiger partial charge in [0.1, 0.15) is 5.75 Å². The van der Waals surface area contributed by atoms with Crippen LogP contribution in [0.2, 0.25) is 19.6 Å². The van der Waals surface area contributed by atoms with Crippen LogP contribution >= 0.6 is 0 Å². The Bertz CT molecular complexity index is 675. The summed E-state index contributed by atoms with van der Waals surface area (Å²) in [6, 6.07) is 15.3. The van der Waals surface area contributed by atoms with E-state index in [-0.39, 0.29) is 11.1 Å². The maximum absolute atomic E-state index is 12.3. The molecular formula is C17H18O4Si. The van der Waals surface area contributed by atoms with E-state index in [2.05, 4.69) is 0 Å². The first-order chi connectivity index (χ1) is 10.4. The fourth-order valence-electron chi connectivity index (χ4n) is 1.82. The largest absolute Gasteiger partial charge is 0.516 e. The molecule has 0 bridgehead atoms. The van der Waals surface area contributed by atoms with Crippen molar-refractivity contribution in [3.05, 3.63) is 65.7 Å². The summed E-state index contributed by atoms with van der Waals surface area (Å²) in [5, 5.41) is 0. The van der Waals surface area contributed by atoms with Crippen molar-refractivity contribution in [3.63, 3.8) is 0 Å². The van der Waals surface area contributed by atoms with E-state index in [4.69, 9.17) is 9.16 Å². The van der Waals surface area contributed by atoms with Gasteiger partial charge in [-0.1, -0.05) is 30.3 Å². The first kappa shape index (κ1) is 16.0. The highest BCUT2D eigenvalue weighted by Gasteiger charge is 2.25. The number of hydrogen-bond donors (Lipinski definition) is 0. The van der Waals surface area contributed by atoms with Gasteiger partial charge >= 0.3 is 11.9 Å². The molecule has 0 radical (unpaired) electrons. The first-order valence-electron chi connectivity index (χ1n) is 6.96. The Balaban J connectivity index is 2.24. The van der Waals surface area contributed by atoms with E-state index in [0.29, 0.717) is 5.75 Å². The topological polar surface area (TPSA) is 52.6 Å². The minimum absolute atomic E-state index is 0.203. The summed E-state index contributed by atoms with van der Waals surface area (Å²) in [6.45, 7) is 5.74. The van der Waals surface area contributed by atoms with E-state index in [1.807, 2.05) is 25.7 Å². The highest BCUT2D eigenvalue weighted by molar-refractivity contribution is 6.71. The van der Waals surface area contributed by atoms with Crippen molar-refractivity contribution in [2.45, 2.75) is 19.6 Å². The van der Waals surface area contributed by atoms with Crippen LogP contribution in [0.15, 0.2) is 54.6 Å². The van der Waals surface area contributed by atoms with Crippen LogP contribution in [0.5, 0.6) is 5.75 Å². The molecule has 0 saturated heterocycles. The summed E-state index contributed by atoms with van der Waals surface area (Å²) in [7, 11) is -2.04. The van der Waals surface area contributed by atoms with Crippen LogP contribution in [0.25, 0.3) is 0 Å². The maximum Gasteiger partial charge on any atom is 0.344 e. The van der Waals surface area contributed by atoms with Gasteiger partial charge in [0.15, 0.2) is 0 Å². The van der Waals surface area contributed by atoms with Crippen LogP contribution in [-0.4, -0.2) is 20.3 Å². The average molecular weight is 314 g/mol. The van der Waals surface area contributed by atoms with Gasteiger partial charge in [-0.15, -0.1) is 0 Å². The molecule has 5 heteroatoms. The number of carbonyl (C=O) groups excluding carboxylic acids is 2. The Labute approximate surface area is 130 Å². The van der Waals surface area contributed by atoms with Crippen molar-refractivity contribution in [2.75, 3.05) is 0 Å². The molecule has 4 nitrogen and oxygen atoms in total. The van der Waals surface area contributed by atoms with Crippen molar-refractivity contribution in [1.82, 2.24) is 0 Å². The number of carbonyl (C=O) groups is 2. The van der Waals surface area contributed by atoms with Gasteiger partial charge in [0, 0.05) is 0 Å². The summed E-state index contributed by atoms with van der Waals surface area (Å²) >= 11 is 0. The van der Waals surface area contributed by atoms with Gasteiger partial charge in [-0.3, -0.25) is 0 Å². The van der Waals surface area contributed by atoms with Crippen molar-refractivity contribution in [3.8, 4) is 5.75 Å². The van der Waals surface area contributed by atoms with Crippen molar-refractivity contribution >= 4 is 20.3 Å². The lowest BCUT2D eigenvalue weighted by molar-refractivity contribution is 0.0686. The lowest BCUT2D eigenvalue weighted by atomic mass is 10.1. The van der Waals surface area contributed by atoms with Crippen LogP contribution in [-0.2, 0) is 4.43 Å². The fourth-order valence-corrected chi connectivity index (χ4v) is 2.49. The van der Waals surface area contributed by atoms with E-state index in [1.165, 1.54) is 0 Å². The molecule has 0 spiro atoms. The monoisotopic (exact) mass is 314 g/mol. The quantitative estimate of drug-likeness (QED) is 0.488. The van der Waals surface area contributed by atoms with Gasteiger partial charge < -0.3 is 9.16 Å². The minimum atomic E-state index is -2.04. The third-order valence-corrected chi connectivity index (χ3v) is 3.52. The minimum Gasteiger partial charge on any atom is -0.516 e. The predicted octanol–water partition coefficient (Wildman–Crippen LogP) is 3.90. The van der Waals surface area contributed by atoms with E-state index < -0.39 is 20.3 Å². The average Bonchev–Trinajstić information content (AvgIpc) is 2.46. The molecule has 0 aliphatic rings. The van der Waals surface area contributed by atoms with E-state index >= 15 is 0 Å². The lowest BCUT2D eigenvalue weighted by Crippen LogP contribution is -2.30. The van der Waals surface area contributed by atoms with E-state index in [1.54, 1.807) is 48.5 Å². The Morgan fingerprint density at radius 2 is 1.27 bits per heavy atom. The summed E-state index contributed by atoms with van der Waals surface area (Å²) in [5.41, 5.74) is 0.431. The molecule has 0 aliphatic heterocycles. The number of ether oxygens (including phenoxy) is 1. The second kappa shape index (κ2) is 6.57. The molecule has 0 amide bonds. The van der Waals surface area contributed by atoms with Crippen LogP contribution in [0.3, 0.4) is 0 Å². The highest BCUT2D eigenvalue weighted by atomic mass is 28.4. The zero-order valence-electron chi connectivity index (χ0n) is 12.8. The van der Waals surface area contributed by atoms with Crippen molar-refractivity contribution in [1.29, 1.82) is 0 Å². The fraction of sp³-hybridized carbons (Fsp3) is 0.176. The molecule has 0 fully saturated rings. The van der Waals surface area contributed by atoms with Gasteiger partial charge in [0.25, 0.3) is 0 Å². The molecule has 2 aromatic rings. The molecule has 0 aliphatic carbocycles. The van der Waals surface area contributed by atoms with Gasteiger partial charge in [0.2, 0.25) is 8.32 Å². The standard InChI is InChI=1S/C17H18O4Si/c1-22(2,3)21-17(19)15-12-8-7-11-14(15)16(18)20-13-9-5-4-6-10-13/h4-12H,1-3H3. The van der Waals surface area contributed by atoms with Crippen LogP contribution in [0.1, 0.15) is 20.7 Å². The third kappa shape index (κ3) is 4.29. The summed E-state index contributed by atoms with van der Waals surface area (Å²) < 4.78 is 10.7. The smallest absolute Gasteiger partial charge is 0.344 e. The second-order valence-electron chi connectivity index (χ2n) is 5.75. The molecule has 0 heterocycles. The number of para-hydroxylation sites is 1. The summed E-state index contributed by atoms with van der Waals surface area (Å²) in [5.74, 6) is -0.630. The molecule has 22 heavy (non-hydrogen) atoms. The molecule has 114 valence electrons. The number of benzene rings is 2. The highest BCUT2D eigenvalue weighted by Crippen LogP contribution is 2.17. The normalized spacial score (nSPS) is 10.9. The second-order valence-corrected chi connectivity index (χ2v) is 10.2. The van der Waals surface area contributed by atoms with Crippen LogP contribution in [0.4, 0.5) is 0 Å². The molecule has 0 aromatic heterocycles. The lowest BCUT2D eigenvalue weighted by Gasteiger charge is -2.18. The Hall–Kier alpha value is -2.40. The molecular weight excluding hydrogens is 296 g/mol. The molecule has 0 N–H and O–H groups in total. The van der Waals surface area contributed by atoms with Crippen molar-refractivity contribution in [2.24, 2.45) is 0 Å². The molecule has 2 aromatic carbocycles. The zero-order valence-corrected chi connectivity index (χ0v) is 13.8.